The molecule has 0 fully saturated rings. The highest BCUT2D eigenvalue weighted by molar-refractivity contribution is 5.73. The minimum Gasteiger partial charge on any atom is -0.247 e. The van der Waals surface area contributed by atoms with E-state index in [0.717, 1.165) is 18.2 Å². The van der Waals surface area contributed by atoms with Crippen LogP contribution in [0.15, 0.2) is 42.5 Å². The zero-order valence-electron chi connectivity index (χ0n) is 11.6. The van der Waals surface area contributed by atoms with E-state index < -0.39 is 12.2 Å². The molecule has 23 heavy (non-hydrogen) atoms. The summed E-state index contributed by atoms with van der Waals surface area (Å²) >= 11 is 0. The first kappa shape index (κ1) is 14.8. The molecule has 0 bridgehead atoms. The lowest BCUT2D eigenvalue weighted by Crippen LogP contribution is -1.91. The molecule has 0 aliphatic rings. The first-order chi connectivity index (χ1) is 11.1. The lowest BCUT2D eigenvalue weighted by atomic mass is 9.99. The molecule has 3 aromatic rings. The summed E-state index contributed by atoms with van der Waals surface area (Å²) in [5, 5.41) is 18.8. The van der Waals surface area contributed by atoms with Gasteiger partial charge in [-0.2, -0.15) is 5.26 Å². The fourth-order valence-corrected chi connectivity index (χ4v) is 2.24. The van der Waals surface area contributed by atoms with E-state index in [9.17, 15) is 13.2 Å². The molecule has 0 atom stereocenters. The number of hydrogen-bond donors (Lipinski definition) is 1. The van der Waals surface area contributed by atoms with E-state index in [2.05, 4.69) is 15.4 Å². The van der Waals surface area contributed by atoms with Crippen LogP contribution >= 0.6 is 0 Å². The number of H-pyrrole nitrogens is 1. The van der Waals surface area contributed by atoms with Gasteiger partial charge in [-0.15, -0.1) is 5.10 Å². The summed E-state index contributed by atoms with van der Waals surface area (Å²) in [4.78, 5) is 0. The molecule has 0 aliphatic carbocycles. The topological polar surface area (TPSA) is 65.4 Å². The molecule has 0 radical (unpaired) electrons. The average molecular weight is 314 g/mol. The van der Waals surface area contributed by atoms with Gasteiger partial charge in [0.05, 0.1) is 0 Å². The summed E-state index contributed by atoms with van der Waals surface area (Å²) in [5.74, 6) is -0.604. The summed E-state index contributed by atoms with van der Waals surface area (Å²) in [6.45, 7) is 0. The lowest BCUT2D eigenvalue weighted by Gasteiger charge is -2.08. The molecule has 1 aromatic heterocycles. The number of benzene rings is 2. The van der Waals surface area contributed by atoms with Gasteiger partial charge in [-0.3, -0.25) is 0 Å². The Morgan fingerprint density at radius 1 is 1.09 bits per heavy atom. The van der Waals surface area contributed by atoms with Gasteiger partial charge < -0.3 is 0 Å². The summed E-state index contributed by atoms with van der Waals surface area (Å²) in [5.41, 5.74) is 1.24. The van der Waals surface area contributed by atoms with Crippen LogP contribution in [0.4, 0.5) is 13.2 Å². The highest BCUT2D eigenvalue weighted by Gasteiger charge is 2.14. The molecule has 3 rings (SSSR count). The SMILES string of the molecule is N#Cc1[nH]nnc1-c1cccc(-c2cc(C(F)F)ccc2F)c1. The maximum absolute atomic E-state index is 14.0. The van der Waals surface area contributed by atoms with E-state index >= 15 is 0 Å². The van der Waals surface area contributed by atoms with Crippen molar-refractivity contribution in [1.29, 1.82) is 5.26 Å². The molecule has 4 nitrogen and oxygen atoms in total. The Labute approximate surface area is 129 Å². The van der Waals surface area contributed by atoms with Gasteiger partial charge >= 0.3 is 0 Å². The zero-order chi connectivity index (χ0) is 16.4. The Morgan fingerprint density at radius 2 is 1.87 bits per heavy atom. The standard InChI is InChI=1S/C16H9F3N4/c17-13-5-4-11(16(18)19)7-12(13)9-2-1-3-10(6-9)15-14(8-20)21-23-22-15/h1-7,16H,(H,21,22,23). The number of halogens is 3. The predicted octanol–water partition coefficient (Wildman–Crippen LogP) is 4.09. The fraction of sp³-hybridized carbons (Fsp3) is 0.0625. The molecule has 1 N–H and O–H groups in total. The Bertz CT molecular complexity index is 896. The number of aromatic nitrogens is 3. The maximum Gasteiger partial charge on any atom is 0.263 e. The molecule has 0 saturated heterocycles. The molecule has 2 aromatic carbocycles. The van der Waals surface area contributed by atoms with Crippen molar-refractivity contribution in [3.05, 3.63) is 59.5 Å². The van der Waals surface area contributed by atoms with E-state index in [1.165, 1.54) is 0 Å². The predicted molar refractivity (Wildman–Crippen MR) is 76.9 cm³/mol. The summed E-state index contributed by atoms with van der Waals surface area (Å²) in [7, 11) is 0. The number of nitrogens with one attached hydrogen (secondary N) is 1. The van der Waals surface area contributed by atoms with E-state index in [1.54, 1.807) is 24.3 Å². The Morgan fingerprint density at radius 3 is 2.61 bits per heavy atom. The van der Waals surface area contributed by atoms with Crippen molar-refractivity contribution in [2.24, 2.45) is 0 Å². The Hall–Kier alpha value is -3.14. The largest absolute Gasteiger partial charge is 0.263 e. The summed E-state index contributed by atoms with van der Waals surface area (Å²) < 4.78 is 39.6. The number of aromatic amines is 1. The smallest absolute Gasteiger partial charge is 0.247 e. The second kappa shape index (κ2) is 5.93. The third kappa shape index (κ3) is 2.79. The molecule has 1 heterocycles. The molecular formula is C16H9F3N4. The molecule has 0 amide bonds. The quantitative estimate of drug-likeness (QED) is 0.792. The maximum atomic E-state index is 14.0. The van der Waals surface area contributed by atoms with Gasteiger partial charge in [-0.05, 0) is 23.8 Å². The van der Waals surface area contributed by atoms with E-state index in [4.69, 9.17) is 5.26 Å². The van der Waals surface area contributed by atoms with Gasteiger partial charge in [0.1, 0.15) is 17.6 Å². The van der Waals surface area contributed by atoms with Gasteiger partial charge in [0, 0.05) is 16.7 Å². The molecule has 0 aliphatic heterocycles. The number of hydrogen-bond acceptors (Lipinski definition) is 3. The first-order valence-electron chi connectivity index (χ1n) is 6.59. The third-order valence-corrected chi connectivity index (χ3v) is 3.35. The van der Waals surface area contributed by atoms with Crippen molar-refractivity contribution >= 4 is 0 Å². The van der Waals surface area contributed by atoms with E-state index in [1.807, 2.05) is 6.07 Å². The second-order valence-electron chi connectivity index (χ2n) is 4.77. The monoisotopic (exact) mass is 314 g/mol. The van der Waals surface area contributed by atoms with Crippen molar-refractivity contribution in [3.8, 4) is 28.5 Å². The van der Waals surface area contributed by atoms with Crippen LogP contribution in [0.25, 0.3) is 22.4 Å². The summed E-state index contributed by atoms with van der Waals surface area (Å²) in [6.07, 6.45) is -2.68. The van der Waals surface area contributed by atoms with Gasteiger partial charge in [-0.1, -0.05) is 29.5 Å². The zero-order valence-corrected chi connectivity index (χ0v) is 11.6. The number of nitriles is 1. The van der Waals surface area contributed by atoms with Crippen molar-refractivity contribution in [2.45, 2.75) is 6.43 Å². The molecule has 114 valence electrons. The van der Waals surface area contributed by atoms with E-state index in [-0.39, 0.29) is 16.8 Å². The third-order valence-electron chi connectivity index (χ3n) is 3.35. The minimum absolute atomic E-state index is 0.0617. The van der Waals surface area contributed by atoms with Crippen LogP contribution in [0.2, 0.25) is 0 Å². The van der Waals surface area contributed by atoms with Crippen molar-refractivity contribution in [1.82, 2.24) is 15.4 Å². The van der Waals surface area contributed by atoms with Gasteiger partial charge in [0.25, 0.3) is 6.43 Å². The fourth-order valence-electron chi connectivity index (χ4n) is 2.24. The van der Waals surface area contributed by atoms with Crippen LogP contribution in [0.1, 0.15) is 17.7 Å². The van der Waals surface area contributed by atoms with Gasteiger partial charge in [-0.25, -0.2) is 18.3 Å². The molecular weight excluding hydrogens is 305 g/mol. The van der Waals surface area contributed by atoms with Crippen LogP contribution in [-0.4, -0.2) is 15.4 Å². The highest BCUT2D eigenvalue weighted by Crippen LogP contribution is 2.31. The van der Waals surface area contributed by atoms with Crippen molar-refractivity contribution in [2.75, 3.05) is 0 Å². The molecule has 0 spiro atoms. The van der Waals surface area contributed by atoms with Crippen LogP contribution in [-0.2, 0) is 0 Å². The van der Waals surface area contributed by atoms with E-state index in [0.29, 0.717) is 16.8 Å². The number of rotatable bonds is 3. The Balaban J connectivity index is 2.11. The lowest BCUT2D eigenvalue weighted by molar-refractivity contribution is 0.151. The van der Waals surface area contributed by atoms with Crippen LogP contribution in [0, 0.1) is 17.1 Å². The summed E-state index contributed by atoms with van der Waals surface area (Å²) in [6, 6.07) is 11.6. The normalized spacial score (nSPS) is 10.7. The highest BCUT2D eigenvalue weighted by atomic mass is 19.3. The first-order valence-corrected chi connectivity index (χ1v) is 6.59. The van der Waals surface area contributed by atoms with Crippen molar-refractivity contribution < 1.29 is 13.2 Å². The molecule has 0 unspecified atom stereocenters. The van der Waals surface area contributed by atoms with Crippen LogP contribution in [0.3, 0.4) is 0 Å². The number of nitrogens with zero attached hydrogens (tertiary/aromatic N) is 3. The van der Waals surface area contributed by atoms with Gasteiger partial charge in [0.2, 0.25) is 0 Å². The second-order valence-corrected chi connectivity index (χ2v) is 4.77. The van der Waals surface area contributed by atoms with Crippen LogP contribution < -0.4 is 0 Å². The molecule has 0 saturated carbocycles. The Kier molecular flexibility index (Phi) is 3.81. The average Bonchev–Trinajstić information content (AvgIpc) is 3.04. The number of alkyl halides is 2. The molecule has 7 heteroatoms. The van der Waals surface area contributed by atoms with Crippen LogP contribution in [0.5, 0.6) is 0 Å². The van der Waals surface area contributed by atoms with Crippen molar-refractivity contribution in [3.63, 3.8) is 0 Å². The van der Waals surface area contributed by atoms with Gasteiger partial charge in [0.15, 0.2) is 5.69 Å². The minimum atomic E-state index is -2.68.